The lowest BCUT2D eigenvalue weighted by Gasteiger charge is -2.05. The molecular formula is C12H18N2O2S. The highest BCUT2D eigenvalue weighted by Gasteiger charge is 2.00. The molecule has 0 aliphatic rings. The Morgan fingerprint density at radius 2 is 2.29 bits per heavy atom. The first-order valence-electron chi connectivity index (χ1n) is 5.56. The lowest BCUT2D eigenvalue weighted by molar-refractivity contribution is -0.133. The first kappa shape index (κ1) is 14.0. The van der Waals surface area contributed by atoms with Crippen molar-refractivity contribution in [2.45, 2.75) is 17.9 Å². The standard InChI is InChI=1S/C12H18N2O2S/c13-5-2-6-14-8-10-3-1-4-11(7-10)17-9-12(15)16/h1,3-4,7,14H,2,5-6,8-9,13H2,(H,15,16). The van der Waals surface area contributed by atoms with Gasteiger partial charge in [0, 0.05) is 11.4 Å². The Labute approximate surface area is 106 Å². The van der Waals surface area contributed by atoms with Crippen molar-refractivity contribution >= 4 is 17.7 Å². The summed E-state index contributed by atoms with van der Waals surface area (Å²) in [4.78, 5) is 11.4. The van der Waals surface area contributed by atoms with Crippen LogP contribution in [0, 0.1) is 0 Å². The van der Waals surface area contributed by atoms with Crippen LogP contribution in [0.3, 0.4) is 0 Å². The van der Waals surface area contributed by atoms with Crippen LogP contribution < -0.4 is 11.1 Å². The summed E-state index contributed by atoms with van der Waals surface area (Å²) in [7, 11) is 0. The number of carboxylic acid groups (broad SMARTS) is 1. The maximum atomic E-state index is 10.5. The van der Waals surface area contributed by atoms with Gasteiger partial charge >= 0.3 is 5.97 Å². The molecule has 4 N–H and O–H groups in total. The zero-order valence-electron chi connectivity index (χ0n) is 9.69. The fourth-order valence-electron chi connectivity index (χ4n) is 1.35. The number of nitrogens with one attached hydrogen (secondary N) is 1. The molecule has 0 aromatic heterocycles. The minimum Gasteiger partial charge on any atom is -0.481 e. The third kappa shape index (κ3) is 6.31. The molecule has 1 aromatic carbocycles. The van der Waals surface area contributed by atoms with Gasteiger partial charge in [0.15, 0.2) is 0 Å². The van der Waals surface area contributed by atoms with E-state index in [4.69, 9.17) is 10.8 Å². The molecular weight excluding hydrogens is 236 g/mol. The number of nitrogens with two attached hydrogens (primary N) is 1. The van der Waals surface area contributed by atoms with Gasteiger partial charge in [0.05, 0.1) is 5.75 Å². The number of aliphatic carboxylic acids is 1. The molecule has 0 atom stereocenters. The Morgan fingerprint density at radius 3 is 3.00 bits per heavy atom. The molecule has 0 unspecified atom stereocenters. The molecule has 1 rings (SSSR count). The van der Waals surface area contributed by atoms with Crippen LogP contribution in [0.1, 0.15) is 12.0 Å². The minimum atomic E-state index is -0.790. The molecule has 0 bridgehead atoms. The predicted molar refractivity (Wildman–Crippen MR) is 70.2 cm³/mol. The zero-order valence-corrected chi connectivity index (χ0v) is 10.5. The molecule has 5 heteroatoms. The Kier molecular flexibility index (Phi) is 6.69. The summed E-state index contributed by atoms with van der Waals surface area (Å²) in [5.41, 5.74) is 6.57. The molecule has 0 fully saturated rings. The number of thioether (sulfide) groups is 1. The third-order valence-electron chi connectivity index (χ3n) is 2.15. The summed E-state index contributed by atoms with van der Waals surface area (Å²) in [5.74, 6) is -0.689. The van der Waals surface area contributed by atoms with Crippen LogP contribution in [0.25, 0.3) is 0 Å². The van der Waals surface area contributed by atoms with Crippen molar-refractivity contribution in [3.05, 3.63) is 29.8 Å². The van der Waals surface area contributed by atoms with E-state index in [9.17, 15) is 4.79 Å². The maximum absolute atomic E-state index is 10.5. The zero-order chi connectivity index (χ0) is 12.5. The fourth-order valence-corrected chi connectivity index (χ4v) is 2.05. The van der Waals surface area contributed by atoms with E-state index in [0.717, 1.165) is 30.0 Å². The van der Waals surface area contributed by atoms with E-state index in [-0.39, 0.29) is 5.75 Å². The molecule has 4 nitrogen and oxygen atoms in total. The van der Waals surface area contributed by atoms with E-state index in [2.05, 4.69) is 5.32 Å². The summed E-state index contributed by atoms with van der Waals surface area (Å²) in [6.07, 6.45) is 0.966. The summed E-state index contributed by atoms with van der Waals surface area (Å²) < 4.78 is 0. The minimum absolute atomic E-state index is 0.101. The number of benzene rings is 1. The second-order valence-corrected chi connectivity index (χ2v) is 4.70. The highest BCUT2D eigenvalue weighted by molar-refractivity contribution is 8.00. The lowest BCUT2D eigenvalue weighted by Crippen LogP contribution is -2.17. The summed E-state index contributed by atoms with van der Waals surface area (Å²) in [6.45, 7) is 2.39. The Bertz CT molecular complexity index is 358. The van der Waals surface area contributed by atoms with Crippen molar-refractivity contribution in [3.8, 4) is 0 Å². The smallest absolute Gasteiger partial charge is 0.313 e. The second-order valence-electron chi connectivity index (χ2n) is 3.65. The molecule has 1 aromatic rings. The topological polar surface area (TPSA) is 75.3 Å². The number of carbonyl (C=O) groups is 1. The lowest BCUT2D eigenvalue weighted by atomic mass is 10.2. The first-order valence-corrected chi connectivity index (χ1v) is 6.55. The quantitative estimate of drug-likeness (QED) is 0.481. The van der Waals surface area contributed by atoms with Gasteiger partial charge < -0.3 is 16.2 Å². The molecule has 0 aliphatic heterocycles. The maximum Gasteiger partial charge on any atom is 0.313 e. The molecule has 0 spiro atoms. The van der Waals surface area contributed by atoms with Crippen LogP contribution in [0.2, 0.25) is 0 Å². The Balaban J connectivity index is 2.39. The van der Waals surface area contributed by atoms with Gasteiger partial charge in [-0.15, -0.1) is 11.8 Å². The van der Waals surface area contributed by atoms with Gasteiger partial charge in [-0.1, -0.05) is 12.1 Å². The number of hydrogen-bond donors (Lipinski definition) is 3. The molecule has 17 heavy (non-hydrogen) atoms. The predicted octanol–water partition coefficient (Wildman–Crippen LogP) is 1.30. The van der Waals surface area contributed by atoms with Gasteiger partial charge in [-0.05, 0) is 37.2 Å². The molecule has 0 saturated carbocycles. The van der Waals surface area contributed by atoms with Crippen LogP contribution in [0.4, 0.5) is 0 Å². The van der Waals surface area contributed by atoms with Gasteiger partial charge in [0.2, 0.25) is 0 Å². The van der Waals surface area contributed by atoms with E-state index < -0.39 is 5.97 Å². The third-order valence-corrected chi connectivity index (χ3v) is 3.13. The Hall–Kier alpha value is -1.04. The van der Waals surface area contributed by atoms with Gasteiger partial charge in [0.25, 0.3) is 0 Å². The SMILES string of the molecule is NCCCNCc1cccc(SCC(=O)O)c1. The van der Waals surface area contributed by atoms with Crippen molar-refractivity contribution in [2.24, 2.45) is 5.73 Å². The van der Waals surface area contributed by atoms with E-state index in [1.54, 1.807) is 0 Å². The molecule has 0 amide bonds. The van der Waals surface area contributed by atoms with Crippen LogP contribution >= 0.6 is 11.8 Å². The number of rotatable bonds is 8. The molecule has 0 saturated heterocycles. The van der Waals surface area contributed by atoms with Crippen molar-refractivity contribution in [1.82, 2.24) is 5.32 Å². The van der Waals surface area contributed by atoms with Crippen molar-refractivity contribution < 1.29 is 9.90 Å². The van der Waals surface area contributed by atoms with Crippen molar-refractivity contribution in [1.29, 1.82) is 0 Å². The highest BCUT2D eigenvalue weighted by Crippen LogP contribution is 2.18. The van der Waals surface area contributed by atoms with Gasteiger partial charge in [0.1, 0.15) is 0 Å². The largest absolute Gasteiger partial charge is 0.481 e. The molecule has 94 valence electrons. The van der Waals surface area contributed by atoms with Gasteiger partial charge in [-0.25, -0.2) is 0 Å². The number of carboxylic acids is 1. The molecule has 0 aliphatic carbocycles. The normalized spacial score (nSPS) is 10.4. The first-order chi connectivity index (χ1) is 8.22. The van der Waals surface area contributed by atoms with Gasteiger partial charge in [-0.2, -0.15) is 0 Å². The summed E-state index contributed by atoms with van der Waals surface area (Å²) in [6, 6.07) is 7.92. The van der Waals surface area contributed by atoms with E-state index in [1.165, 1.54) is 11.8 Å². The summed E-state index contributed by atoms with van der Waals surface area (Å²) in [5, 5.41) is 11.9. The van der Waals surface area contributed by atoms with E-state index in [1.807, 2.05) is 24.3 Å². The average molecular weight is 254 g/mol. The van der Waals surface area contributed by atoms with Gasteiger partial charge in [-0.3, -0.25) is 4.79 Å². The fraction of sp³-hybridized carbons (Fsp3) is 0.417. The van der Waals surface area contributed by atoms with Crippen molar-refractivity contribution in [3.63, 3.8) is 0 Å². The average Bonchev–Trinajstić information content (AvgIpc) is 2.33. The van der Waals surface area contributed by atoms with Crippen LogP contribution in [0.5, 0.6) is 0 Å². The van der Waals surface area contributed by atoms with E-state index in [0.29, 0.717) is 6.54 Å². The monoisotopic (exact) mass is 254 g/mol. The van der Waals surface area contributed by atoms with Crippen LogP contribution in [-0.2, 0) is 11.3 Å². The highest BCUT2D eigenvalue weighted by atomic mass is 32.2. The van der Waals surface area contributed by atoms with Crippen LogP contribution in [-0.4, -0.2) is 29.9 Å². The van der Waals surface area contributed by atoms with E-state index >= 15 is 0 Å². The van der Waals surface area contributed by atoms with Crippen LogP contribution in [0.15, 0.2) is 29.2 Å². The molecule has 0 heterocycles. The second kappa shape index (κ2) is 8.11. The summed E-state index contributed by atoms with van der Waals surface area (Å²) >= 11 is 1.34. The number of hydrogen-bond acceptors (Lipinski definition) is 4. The Morgan fingerprint density at radius 1 is 1.47 bits per heavy atom. The van der Waals surface area contributed by atoms with Crippen molar-refractivity contribution in [2.75, 3.05) is 18.8 Å². The molecule has 0 radical (unpaired) electrons.